The van der Waals surface area contributed by atoms with Gasteiger partial charge in [0.1, 0.15) is 25.0 Å². The largest absolute Gasteiger partial charge is 0.394 e. The fourth-order valence-corrected chi connectivity index (χ4v) is 0.884. The van der Waals surface area contributed by atoms with Gasteiger partial charge < -0.3 is 20.1 Å². The Morgan fingerprint density at radius 3 is 1.48 bits per heavy atom. The molecule has 114 valence electrons. The molecule has 2 atom stereocenters. The summed E-state index contributed by atoms with van der Waals surface area (Å²) in [5.41, 5.74) is 0. The molecule has 0 bridgehead atoms. The Bertz CT molecular complexity index is 348. The van der Waals surface area contributed by atoms with Crippen LogP contribution in [0.25, 0.3) is 0 Å². The second kappa shape index (κ2) is 14.1. The summed E-state index contributed by atoms with van der Waals surface area (Å²) in [6.07, 6.45) is 7.77. The molecule has 0 aliphatic rings. The Morgan fingerprint density at radius 1 is 0.857 bits per heavy atom. The van der Waals surface area contributed by atoms with Crippen LogP contribution in [0.3, 0.4) is 0 Å². The van der Waals surface area contributed by atoms with Gasteiger partial charge in [0.05, 0.1) is 12.7 Å². The Hall–Kier alpha value is -2.29. The summed E-state index contributed by atoms with van der Waals surface area (Å²) in [4.78, 5) is 24.4. The molecule has 0 fully saturated rings. The first-order valence-electron chi connectivity index (χ1n) is 6.03. The van der Waals surface area contributed by atoms with E-state index in [2.05, 4.69) is 19.9 Å². The molecule has 0 amide bonds. The Morgan fingerprint density at radius 2 is 1.29 bits per heavy atom. The Labute approximate surface area is 122 Å². The van der Waals surface area contributed by atoms with Gasteiger partial charge >= 0.3 is 0 Å². The van der Waals surface area contributed by atoms with E-state index in [1.165, 1.54) is 12.7 Å². The first-order valence-corrected chi connectivity index (χ1v) is 6.03. The monoisotopic (exact) mass is 294 g/mol. The van der Waals surface area contributed by atoms with E-state index in [-0.39, 0.29) is 6.42 Å². The van der Waals surface area contributed by atoms with E-state index < -0.39 is 18.8 Å². The molecule has 2 rings (SSSR count). The van der Waals surface area contributed by atoms with E-state index >= 15 is 0 Å². The molecule has 0 aliphatic carbocycles. The van der Waals surface area contributed by atoms with Gasteiger partial charge in [-0.2, -0.15) is 0 Å². The molecule has 0 saturated carbocycles. The molecular weight excluding hydrogens is 276 g/mol. The fraction of sp³-hybridized carbons (Fsp3) is 0.308. The summed E-state index contributed by atoms with van der Waals surface area (Å²) in [6.45, 7) is -0.519. The first-order chi connectivity index (χ1) is 10.2. The molecule has 0 aliphatic heterocycles. The summed E-state index contributed by atoms with van der Waals surface area (Å²) in [5.74, 6) is 0. The van der Waals surface area contributed by atoms with E-state index in [1.54, 1.807) is 36.9 Å². The molecule has 8 nitrogen and oxygen atoms in total. The van der Waals surface area contributed by atoms with Crippen molar-refractivity contribution in [2.45, 2.75) is 18.6 Å². The van der Waals surface area contributed by atoms with Crippen molar-refractivity contribution in [3.05, 3.63) is 49.6 Å². The number of hydrogen-bond donors (Lipinski definition) is 3. The highest BCUT2D eigenvalue weighted by molar-refractivity contribution is 5.50. The number of hydrogen-bond acceptors (Lipinski definition) is 8. The maximum atomic E-state index is 9.68. The number of carbonyl (C=O) groups excluding carboxylic acids is 1. The number of aldehydes is 1. The number of nitrogens with zero attached hydrogens (tertiary/aromatic N) is 4. The average Bonchev–Trinajstić information content (AvgIpc) is 2.58. The second-order valence-electron chi connectivity index (χ2n) is 3.53. The minimum Gasteiger partial charge on any atom is -0.394 e. The van der Waals surface area contributed by atoms with Crippen molar-refractivity contribution < 1.29 is 20.1 Å². The van der Waals surface area contributed by atoms with E-state index in [1.807, 2.05) is 0 Å². The topological polar surface area (TPSA) is 129 Å². The lowest BCUT2D eigenvalue weighted by atomic mass is 10.2. The van der Waals surface area contributed by atoms with Gasteiger partial charge in [-0.3, -0.25) is 0 Å². The van der Waals surface area contributed by atoms with Crippen molar-refractivity contribution in [1.82, 2.24) is 19.9 Å². The minimum absolute atomic E-state index is 0.137. The van der Waals surface area contributed by atoms with Crippen LogP contribution in [0.5, 0.6) is 0 Å². The van der Waals surface area contributed by atoms with Crippen LogP contribution >= 0.6 is 0 Å². The van der Waals surface area contributed by atoms with Gasteiger partial charge in [0.25, 0.3) is 0 Å². The molecular formula is C13H18N4O4. The lowest BCUT2D eigenvalue weighted by molar-refractivity contribution is -0.111. The Balaban J connectivity index is 0.000000293. The predicted octanol–water partition coefficient (Wildman–Crippen LogP) is -0.757. The summed E-state index contributed by atoms with van der Waals surface area (Å²) >= 11 is 0. The highest BCUT2D eigenvalue weighted by Crippen LogP contribution is 1.94. The third-order valence-corrected chi connectivity index (χ3v) is 1.92. The zero-order valence-electron chi connectivity index (χ0n) is 11.3. The van der Waals surface area contributed by atoms with Crippen molar-refractivity contribution in [2.24, 2.45) is 0 Å². The first kappa shape index (κ1) is 18.7. The normalized spacial score (nSPS) is 11.8. The average molecular weight is 294 g/mol. The van der Waals surface area contributed by atoms with Crippen molar-refractivity contribution in [2.75, 3.05) is 6.61 Å². The smallest absolute Gasteiger partial charge is 0.122 e. The van der Waals surface area contributed by atoms with E-state index in [0.29, 0.717) is 6.29 Å². The molecule has 0 radical (unpaired) electrons. The zero-order chi connectivity index (χ0) is 15.8. The van der Waals surface area contributed by atoms with Gasteiger partial charge in [0.2, 0.25) is 0 Å². The maximum Gasteiger partial charge on any atom is 0.122 e. The SMILES string of the molecule is O=CCC(O)C(O)CO.c1cncnc1.c1cncnc1. The van der Waals surface area contributed by atoms with Crippen LogP contribution in [0.4, 0.5) is 0 Å². The Kier molecular flexibility index (Phi) is 12.6. The van der Waals surface area contributed by atoms with Gasteiger partial charge in [0, 0.05) is 31.2 Å². The van der Waals surface area contributed by atoms with Gasteiger partial charge in [0.15, 0.2) is 0 Å². The number of aromatic nitrogens is 4. The quantitative estimate of drug-likeness (QED) is 0.628. The zero-order valence-corrected chi connectivity index (χ0v) is 11.3. The number of rotatable bonds is 4. The van der Waals surface area contributed by atoms with Crippen LogP contribution in [0.1, 0.15) is 6.42 Å². The van der Waals surface area contributed by atoms with Crippen LogP contribution in [-0.2, 0) is 4.79 Å². The molecule has 2 heterocycles. The van der Waals surface area contributed by atoms with Crippen LogP contribution in [-0.4, -0.2) is 60.4 Å². The summed E-state index contributed by atoms with van der Waals surface area (Å²) in [5, 5.41) is 25.5. The van der Waals surface area contributed by atoms with Gasteiger partial charge in [-0.05, 0) is 12.1 Å². The third-order valence-electron chi connectivity index (χ3n) is 1.92. The maximum absolute atomic E-state index is 9.68. The van der Waals surface area contributed by atoms with E-state index in [0.717, 1.165) is 0 Å². The predicted molar refractivity (Wildman–Crippen MR) is 73.8 cm³/mol. The number of carbonyl (C=O) groups is 1. The highest BCUT2D eigenvalue weighted by atomic mass is 16.4. The van der Waals surface area contributed by atoms with Crippen molar-refractivity contribution in [1.29, 1.82) is 0 Å². The molecule has 2 unspecified atom stereocenters. The van der Waals surface area contributed by atoms with Crippen molar-refractivity contribution in [3.8, 4) is 0 Å². The van der Waals surface area contributed by atoms with Crippen LogP contribution in [0.2, 0.25) is 0 Å². The molecule has 21 heavy (non-hydrogen) atoms. The van der Waals surface area contributed by atoms with Gasteiger partial charge in [-0.1, -0.05) is 0 Å². The second-order valence-corrected chi connectivity index (χ2v) is 3.53. The molecule has 3 N–H and O–H groups in total. The molecule has 0 spiro atoms. The fourth-order valence-electron chi connectivity index (χ4n) is 0.884. The summed E-state index contributed by atoms with van der Waals surface area (Å²) in [6, 6.07) is 3.56. The molecule has 8 heteroatoms. The minimum atomic E-state index is -1.20. The summed E-state index contributed by atoms with van der Waals surface area (Å²) in [7, 11) is 0. The molecule has 0 aromatic carbocycles. The molecule has 2 aromatic heterocycles. The van der Waals surface area contributed by atoms with Crippen molar-refractivity contribution in [3.63, 3.8) is 0 Å². The standard InChI is InChI=1S/C5H10O4.2C4H4N2/c6-2-1-4(8)5(9)3-7;2*1-2-5-4-6-3-1/h2,4-5,7-9H,1,3H2;2*1-4H. The third kappa shape index (κ3) is 12.5. The van der Waals surface area contributed by atoms with Gasteiger partial charge in [-0.25, -0.2) is 19.9 Å². The molecule has 0 saturated heterocycles. The highest BCUT2D eigenvalue weighted by Gasteiger charge is 2.13. The lowest BCUT2D eigenvalue weighted by Gasteiger charge is -2.11. The number of aliphatic hydroxyl groups is 3. The van der Waals surface area contributed by atoms with E-state index in [4.69, 9.17) is 15.3 Å². The molecule has 2 aromatic rings. The lowest BCUT2D eigenvalue weighted by Crippen LogP contribution is -2.29. The summed E-state index contributed by atoms with van der Waals surface area (Å²) < 4.78 is 0. The van der Waals surface area contributed by atoms with Crippen LogP contribution in [0, 0.1) is 0 Å². The van der Waals surface area contributed by atoms with Crippen molar-refractivity contribution >= 4 is 6.29 Å². The van der Waals surface area contributed by atoms with Crippen LogP contribution in [0.15, 0.2) is 49.6 Å². The van der Waals surface area contributed by atoms with Gasteiger partial charge in [-0.15, -0.1) is 0 Å². The van der Waals surface area contributed by atoms with Crippen LogP contribution < -0.4 is 0 Å². The van der Waals surface area contributed by atoms with E-state index in [9.17, 15) is 4.79 Å². The number of aliphatic hydroxyl groups excluding tert-OH is 3.